The summed E-state index contributed by atoms with van der Waals surface area (Å²) in [5.74, 6) is -15.2. The third-order valence-electron chi connectivity index (χ3n) is 4.96. The minimum atomic E-state index is -6.34. The lowest BCUT2D eigenvalue weighted by molar-refractivity contribution is -0.392. The number of methoxy groups -OCH3 is 3. The molecule has 0 fully saturated rings. The minimum absolute atomic E-state index is 0.0510. The van der Waals surface area contributed by atoms with Crippen LogP contribution in [0.1, 0.15) is 26.3 Å². The Labute approximate surface area is 182 Å². The maximum atomic E-state index is 14.7. The molecule has 0 saturated carbocycles. The van der Waals surface area contributed by atoms with Gasteiger partial charge in [0.25, 0.3) is 0 Å². The number of alkyl halides is 5. The van der Waals surface area contributed by atoms with Crippen molar-refractivity contribution in [3.63, 3.8) is 0 Å². The van der Waals surface area contributed by atoms with Gasteiger partial charge in [0.15, 0.2) is 0 Å². The van der Waals surface area contributed by atoms with Crippen LogP contribution in [0.5, 0.6) is 17.2 Å². The Balaban J connectivity index is 2.56. The highest BCUT2D eigenvalue weighted by atomic mass is 19.4. The molecule has 1 aliphatic rings. The van der Waals surface area contributed by atoms with Gasteiger partial charge in [0.2, 0.25) is 0 Å². The molecule has 2 aromatic carbocycles. The van der Waals surface area contributed by atoms with E-state index in [1.54, 1.807) is 0 Å². The molecule has 0 bridgehead atoms. The zero-order chi connectivity index (χ0) is 24.9. The lowest BCUT2D eigenvalue weighted by atomic mass is 9.82. The van der Waals surface area contributed by atoms with Crippen LogP contribution in [-0.2, 0) is 15.3 Å². The first-order valence-corrected chi connectivity index (χ1v) is 8.86. The molecule has 1 heterocycles. The molecule has 8 nitrogen and oxygen atoms in total. The third kappa shape index (κ3) is 3.39. The van der Waals surface area contributed by atoms with E-state index in [4.69, 9.17) is 9.47 Å². The van der Waals surface area contributed by atoms with Crippen molar-refractivity contribution in [1.82, 2.24) is 0 Å². The number of fused-ring (bicyclic) bond motifs is 3. The van der Waals surface area contributed by atoms with Crippen LogP contribution in [-0.4, -0.2) is 55.6 Å². The molecule has 1 unspecified atom stereocenters. The first-order valence-electron chi connectivity index (χ1n) is 8.86. The lowest BCUT2D eigenvalue weighted by Crippen LogP contribution is -2.59. The molecule has 0 saturated heterocycles. The van der Waals surface area contributed by atoms with Crippen LogP contribution in [0.2, 0.25) is 0 Å². The highest BCUT2D eigenvalue weighted by Crippen LogP contribution is 2.57. The Kier molecular flexibility index (Phi) is 5.65. The number of rotatable bonds is 4. The Bertz CT molecular complexity index is 1140. The van der Waals surface area contributed by atoms with Crippen LogP contribution in [0, 0.1) is 0 Å². The summed E-state index contributed by atoms with van der Waals surface area (Å²) < 4.78 is 88.0. The number of carbonyl (C=O) groups excluding carboxylic acids is 2. The van der Waals surface area contributed by atoms with E-state index in [1.165, 1.54) is 13.2 Å². The van der Waals surface area contributed by atoms with Crippen LogP contribution in [0.4, 0.5) is 22.0 Å². The molecule has 33 heavy (non-hydrogen) atoms. The number of hydrogen-bond donors (Lipinski definition) is 2. The van der Waals surface area contributed by atoms with Crippen LogP contribution in [0.25, 0.3) is 11.1 Å². The third-order valence-corrected chi connectivity index (χ3v) is 4.96. The summed E-state index contributed by atoms with van der Waals surface area (Å²) in [5.41, 5.74) is -4.35. The summed E-state index contributed by atoms with van der Waals surface area (Å²) in [4.78, 5) is 24.6. The molecule has 2 N–H and O–H groups in total. The Morgan fingerprint density at radius 1 is 1.00 bits per heavy atom. The molecule has 1 aliphatic heterocycles. The smallest absolute Gasteiger partial charge is 0.460 e. The number of esters is 2. The summed E-state index contributed by atoms with van der Waals surface area (Å²) in [6.45, 7) is 0. The lowest BCUT2D eigenvalue weighted by Gasteiger charge is -2.41. The number of phenolic OH excluding ortho intramolecular Hbond substituents is 1. The average molecular weight is 478 g/mol. The fourth-order valence-corrected chi connectivity index (χ4v) is 3.35. The highest BCUT2D eigenvalue weighted by molar-refractivity contribution is 6.07. The van der Waals surface area contributed by atoms with E-state index in [0.29, 0.717) is 6.07 Å². The SMILES string of the molecule is COC(=O)c1cc2c(c(C(=O)OC)c1O)-c1ccc(OC)cc1OC2(O)C(F)(F)C(F)(F)F. The largest absolute Gasteiger partial charge is 0.506 e. The van der Waals surface area contributed by atoms with Crippen molar-refractivity contribution in [1.29, 1.82) is 0 Å². The maximum absolute atomic E-state index is 14.7. The number of benzene rings is 2. The van der Waals surface area contributed by atoms with Crippen LogP contribution >= 0.6 is 0 Å². The molecule has 1 atom stereocenters. The Morgan fingerprint density at radius 2 is 1.61 bits per heavy atom. The standard InChI is InChI=1S/C20H15F5O8/c1-30-8-4-5-9-12(6-8)33-18(29,19(21,22)20(23,24)25)11-7-10(16(27)31-2)15(26)14(13(9)11)17(28)32-3/h4-7,26,29H,1-3H3. The molecule has 3 rings (SSSR count). The van der Waals surface area contributed by atoms with Crippen molar-refractivity contribution in [2.75, 3.05) is 21.3 Å². The molecule has 178 valence electrons. The zero-order valence-corrected chi connectivity index (χ0v) is 17.0. The second-order valence-corrected chi connectivity index (χ2v) is 6.73. The number of hydrogen-bond acceptors (Lipinski definition) is 8. The number of aromatic hydroxyl groups is 1. The fourth-order valence-electron chi connectivity index (χ4n) is 3.35. The molecule has 0 aromatic heterocycles. The van der Waals surface area contributed by atoms with Gasteiger partial charge >= 0.3 is 29.8 Å². The van der Waals surface area contributed by atoms with Crippen molar-refractivity contribution >= 4 is 11.9 Å². The summed E-state index contributed by atoms with van der Waals surface area (Å²) in [7, 11) is 2.83. The van der Waals surface area contributed by atoms with Gasteiger partial charge in [0, 0.05) is 22.8 Å². The van der Waals surface area contributed by atoms with Crippen molar-refractivity contribution in [2.24, 2.45) is 0 Å². The molecule has 13 heteroatoms. The average Bonchev–Trinajstić information content (AvgIpc) is 2.76. The van der Waals surface area contributed by atoms with Crippen molar-refractivity contribution < 1.29 is 60.7 Å². The van der Waals surface area contributed by atoms with Gasteiger partial charge in [-0.3, -0.25) is 0 Å². The van der Waals surface area contributed by atoms with Crippen LogP contribution in [0.3, 0.4) is 0 Å². The number of phenols is 1. The van der Waals surface area contributed by atoms with E-state index in [2.05, 4.69) is 9.47 Å². The maximum Gasteiger partial charge on any atom is 0.460 e. The topological polar surface area (TPSA) is 112 Å². The predicted molar refractivity (Wildman–Crippen MR) is 98.3 cm³/mol. The van der Waals surface area contributed by atoms with Gasteiger partial charge in [-0.2, -0.15) is 22.0 Å². The molecular formula is C20H15F5O8. The first-order chi connectivity index (χ1) is 15.2. The molecular weight excluding hydrogens is 463 g/mol. The molecule has 0 amide bonds. The van der Waals surface area contributed by atoms with E-state index >= 15 is 0 Å². The highest BCUT2D eigenvalue weighted by Gasteiger charge is 2.74. The summed E-state index contributed by atoms with van der Waals surface area (Å²) in [6.07, 6.45) is -6.34. The van der Waals surface area contributed by atoms with Gasteiger partial charge in [-0.05, 0) is 18.2 Å². The summed E-state index contributed by atoms with van der Waals surface area (Å²) in [6, 6.07) is 3.60. The molecule has 0 aliphatic carbocycles. The number of ether oxygens (including phenoxy) is 4. The molecule has 2 aromatic rings. The normalized spacial score (nSPS) is 17.4. The zero-order valence-electron chi connectivity index (χ0n) is 17.0. The Morgan fingerprint density at radius 3 is 2.12 bits per heavy atom. The van der Waals surface area contributed by atoms with E-state index in [9.17, 15) is 41.8 Å². The van der Waals surface area contributed by atoms with Gasteiger partial charge in [-0.25, -0.2) is 9.59 Å². The monoisotopic (exact) mass is 478 g/mol. The van der Waals surface area contributed by atoms with Crippen LogP contribution in [0.15, 0.2) is 24.3 Å². The number of carbonyl (C=O) groups is 2. The number of halogens is 5. The fraction of sp³-hybridized carbons (Fsp3) is 0.300. The first kappa shape index (κ1) is 24.0. The second kappa shape index (κ2) is 7.76. The number of aliphatic hydroxyl groups is 1. The van der Waals surface area contributed by atoms with Gasteiger partial charge in [0.1, 0.15) is 28.4 Å². The van der Waals surface area contributed by atoms with Gasteiger partial charge in [0.05, 0.1) is 21.3 Å². The molecule has 0 radical (unpaired) electrons. The summed E-state index contributed by atoms with van der Waals surface area (Å²) in [5, 5.41) is 21.3. The van der Waals surface area contributed by atoms with Gasteiger partial charge in [-0.1, -0.05) is 0 Å². The van der Waals surface area contributed by atoms with Crippen molar-refractivity contribution in [3.8, 4) is 28.4 Å². The second-order valence-electron chi connectivity index (χ2n) is 6.73. The van der Waals surface area contributed by atoms with Gasteiger partial charge in [-0.15, -0.1) is 0 Å². The quantitative estimate of drug-likeness (QED) is 0.509. The van der Waals surface area contributed by atoms with Crippen molar-refractivity contribution in [3.05, 3.63) is 41.0 Å². The van der Waals surface area contributed by atoms with Crippen molar-refractivity contribution in [2.45, 2.75) is 17.9 Å². The van der Waals surface area contributed by atoms with E-state index < -0.39 is 63.6 Å². The van der Waals surface area contributed by atoms with E-state index in [1.807, 2.05) is 0 Å². The van der Waals surface area contributed by atoms with Crippen LogP contribution < -0.4 is 9.47 Å². The summed E-state index contributed by atoms with van der Waals surface area (Å²) >= 11 is 0. The van der Waals surface area contributed by atoms with Gasteiger partial charge < -0.3 is 29.2 Å². The van der Waals surface area contributed by atoms with E-state index in [-0.39, 0.29) is 11.3 Å². The van der Waals surface area contributed by atoms with E-state index in [0.717, 1.165) is 26.4 Å². The Hall–Kier alpha value is -3.61. The minimum Gasteiger partial charge on any atom is -0.506 e. The molecule has 0 spiro atoms. The predicted octanol–water partition coefficient (Wildman–Crippen LogP) is 3.38.